The van der Waals surface area contributed by atoms with Crippen LogP contribution in [0.1, 0.15) is 29.5 Å². The molecule has 1 unspecified atom stereocenters. The molecule has 12 heavy (non-hydrogen) atoms. The average Bonchev–Trinajstić information content (AvgIpc) is 2.47. The van der Waals surface area contributed by atoms with Crippen LogP contribution in [0, 0.1) is 19.3 Å². The molecule has 0 aliphatic carbocycles. The van der Waals surface area contributed by atoms with Crippen molar-refractivity contribution in [2.24, 2.45) is 5.73 Å². The van der Waals surface area contributed by atoms with Crippen molar-refractivity contribution >= 4 is 11.3 Å². The zero-order valence-corrected chi connectivity index (χ0v) is 7.90. The van der Waals surface area contributed by atoms with Crippen LogP contribution in [0.4, 0.5) is 0 Å². The van der Waals surface area contributed by atoms with Crippen LogP contribution >= 0.6 is 11.3 Å². The van der Waals surface area contributed by atoms with Crippen LogP contribution in [0.3, 0.4) is 0 Å². The zero-order valence-electron chi connectivity index (χ0n) is 7.08. The van der Waals surface area contributed by atoms with Gasteiger partial charge in [-0.2, -0.15) is 0 Å². The van der Waals surface area contributed by atoms with Gasteiger partial charge in [-0.05, 0) is 13.3 Å². The van der Waals surface area contributed by atoms with Gasteiger partial charge in [-0.3, -0.25) is 0 Å². The maximum Gasteiger partial charge on any atom is 0.0798 e. The molecule has 0 bridgehead atoms. The summed E-state index contributed by atoms with van der Waals surface area (Å²) in [6, 6.07) is 0.0635. The van der Waals surface area contributed by atoms with Crippen LogP contribution in [-0.4, -0.2) is 4.98 Å². The summed E-state index contributed by atoms with van der Waals surface area (Å²) in [7, 11) is 0. The molecule has 3 heteroatoms. The Bertz CT molecular complexity index is 285. The molecule has 1 heterocycles. The lowest BCUT2D eigenvalue weighted by atomic mass is 10.1. The van der Waals surface area contributed by atoms with E-state index in [1.54, 1.807) is 11.3 Å². The molecule has 1 rings (SSSR count). The standard InChI is InChI=1S/C9H12N2S/c1-3-4-5-8(10)9-7(2)11-6-12-9/h1,6,8H,4-5,10H2,2H3. The number of hydrogen-bond donors (Lipinski definition) is 1. The molecule has 0 amide bonds. The summed E-state index contributed by atoms with van der Waals surface area (Å²) in [5.74, 6) is 2.58. The lowest BCUT2D eigenvalue weighted by molar-refractivity contribution is 0.674. The molecule has 0 aliphatic heterocycles. The van der Waals surface area contributed by atoms with Crippen molar-refractivity contribution in [3.05, 3.63) is 16.1 Å². The molecular weight excluding hydrogens is 168 g/mol. The number of aromatic nitrogens is 1. The zero-order chi connectivity index (χ0) is 8.97. The van der Waals surface area contributed by atoms with Gasteiger partial charge in [0.15, 0.2) is 0 Å². The molecule has 0 saturated heterocycles. The van der Waals surface area contributed by atoms with Crippen LogP contribution in [0.2, 0.25) is 0 Å². The Morgan fingerprint density at radius 3 is 3.08 bits per heavy atom. The van der Waals surface area contributed by atoms with Gasteiger partial charge >= 0.3 is 0 Å². The molecule has 0 spiro atoms. The topological polar surface area (TPSA) is 38.9 Å². The number of terminal acetylenes is 1. The molecule has 0 aliphatic rings. The quantitative estimate of drug-likeness (QED) is 0.721. The second-order valence-electron chi connectivity index (χ2n) is 2.65. The van der Waals surface area contributed by atoms with Crippen molar-refractivity contribution in [3.8, 4) is 12.3 Å². The summed E-state index contributed by atoms with van der Waals surface area (Å²) in [4.78, 5) is 5.29. The number of nitrogens with zero attached hydrogens (tertiary/aromatic N) is 1. The third-order valence-corrected chi connectivity index (χ3v) is 2.78. The molecule has 2 N–H and O–H groups in total. The molecule has 1 aromatic rings. The fraction of sp³-hybridized carbons (Fsp3) is 0.444. The Kier molecular flexibility index (Phi) is 3.27. The average molecular weight is 180 g/mol. The van der Waals surface area contributed by atoms with E-state index in [0.29, 0.717) is 0 Å². The van der Waals surface area contributed by atoms with Gasteiger partial charge in [0.2, 0.25) is 0 Å². The van der Waals surface area contributed by atoms with Crippen LogP contribution < -0.4 is 5.73 Å². The van der Waals surface area contributed by atoms with Crippen molar-refractivity contribution < 1.29 is 0 Å². The summed E-state index contributed by atoms with van der Waals surface area (Å²) >= 11 is 1.60. The van der Waals surface area contributed by atoms with Crippen molar-refractivity contribution in [3.63, 3.8) is 0 Å². The minimum absolute atomic E-state index is 0.0635. The van der Waals surface area contributed by atoms with Gasteiger partial charge in [-0.25, -0.2) is 4.98 Å². The second-order valence-corrected chi connectivity index (χ2v) is 3.54. The van der Waals surface area contributed by atoms with E-state index in [9.17, 15) is 0 Å². The van der Waals surface area contributed by atoms with Gasteiger partial charge in [-0.15, -0.1) is 23.7 Å². The van der Waals surface area contributed by atoms with Crippen LogP contribution in [0.5, 0.6) is 0 Å². The Morgan fingerprint density at radius 2 is 2.58 bits per heavy atom. The molecule has 1 aromatic heterocycles. The fourth-order valence-electron chi connectivity index (χ4n) is 1.04. The highest BCUT2D eigenvalue weighted by Crippen LogP contribution is 2.22. The van der Waals surface area contributed by atoms with E-state index in [1.807, 2.05) is 12.4 Å². The monoisotopic (exact) mass is 180 g/mol. The highest BCUT2D eigenvalue weighted by Gasteiger charge is 2.09. The van der Waals surface area contributed by atoms with E-state index in [4.69, 9.17) is 12.2 Å². The molecule has 0 fully saturated rings. The molecule has 0 radical (unpaired) electrons. The SMILES string of the molecule is C#CCCC(N)c1scnc1C. The lowest BCUT2D eigenvalue weighted by Crippen LogP contribution is -2.09. The van der Waals surface area contributed by atoms with Crippen molar-refractivity contribution in [1.29, 1.82) is 0 Å². The van der Waals surface area contributed by atoms with Gasteiger partial charge in [0, 0.05) is 17.3 Å². The lowest BCUT2D eigenvalue weighted by Gasteiger charge is -2.07. The van der Waals surface area contributed by atoms with E-state index in [0.717, 1.165) is 23.4 Å². The minimum atomic E-state index is 0.0635. The second kappa shape index (κ2) is 4.24. The maximum atomic E-state index is 5.90. The van der Waals surface area contributed by atoms with Crippen LogP contribution in [-0.2, 0) is 0 Å². The first-order chi connectivity index (χ1) is 5.75. The van der Waals surface area contributed by atoms with E-state index in [-0.39, 0.29) is 6.04 Å². The number of thiazole rings is 1. The van der Waals surface area contributed by atoms with Crippen LogP contribution in [0.15, 0.2) is 5.51 Å². The smallest absolute Gasteiger partial charge is 0.0798 e. The van der Waals surface area contributed by atoms with E-state index < -0.39 is 0 Å². The molecule has 0 aromatic carbocycles. The minimum Gasteiger partial charge on any atom is -0.323 e. The Morgan fingerprint density at radius 1 is 1.83 bits per heavy atom. The van der Waals surface area contributed by atoms with Gasteiger partial charge in [0.05, 0.1) is 11.2 Å². The molecular formula is C9H12N2S. The van der Waals surface area contributed by atoms with Crippen molar-refractivity contribution in [1.82, 2.24) is 4.98 Å². The number of rotatable bonds is 3. The summed E-state index contributed by atoms with van der Waals surface area (Å²) in [6.45, 7) is 1.97. The normalized spacial score (nSPS) is 12.4. The highest BCUT2D eigenvalue weighted by molar-refractivity contribution is 7.09. The van der Waals surface area contributed by atoms with E-state index >= 15 is 0 Å². The number of nitrogens with two attached hydrogens (primary N) is 1. The van der Waals surface area contributed by atoms with Crippen molar-refractivity contribution in [2.45, 2.75) is 25.8 Å². The highest BCUT2D eigenvalue weighted by atomic mass is 32.1. The van der Waals surface area contributed by atoms with Gasteiger partial charge < -0.3 is 5.73 Å². The first-order valence-corrected chi connectivity index (χ1v) is 4.72. The van der Waals surface area contributed by atoms with E-state index in [2.05, 4.69) is 10.9 Å². The first kappa shape index (κ1) is 9.24. The Labute approximate surface area is 76.8 Å². The molecule has 0 saturated carbocycles. The number of aryl methyl sites for hydroxylation is 1. The molecule has 2 nitrogen and oxygen atoms in total. The maximum absolute atomic E-state index is 5.90. The number of hydrogen-bond acceptors (Lipinski definition) is 3. The molecule has 64 valence electrons. The fourth-order valence-corrected chi connectivity index (χ4v) is 1.88. The van der Waals surface area contributed by atoms with Crippen LogP contribution in [0.25, 0.3) is 0 Å². The van der Waals surface area contributed by atoms with Gasteiger partial charge in [-0.1, -0.05) is 0 Å². The Balaban J connectivity index is 2.60. The third kappa shape index (κ3) is 2.07. The van der Waals surface area contributed by atoms with Gasteiger partial charge in [0.25, 0.3) is 0 Å². The summed E-state index contributed by atoms with van der Waals surface area (Å²) < 4.78 is 0. The van der Waals surface area contributed by atoms with Crippen molar-refractivity contribution in [2.75, 3.05) is 0 Å². The van der Waals surface area contributed by atoms with E-state index in [1.165, 1.54) is 0 Å². The predicted octanol–water partition coefficient (Wildman–Crippen LogP) is 1.86. The first-order valence-electron chi connectivity index (χ1n) is 3.84. The summed E-state index contributed by atoms with van der Waals surface area (Å²) in [5, 5.41) is 0. The molecule has 1 atom stereocenters. The Hall–Kier alpha value is -0.850. The van der Waals surface area contributed by atoms with Gasteiger partial charge in [0.1, 0.15) is 0 Å². The largest absolute Gasteiger partial charge is 0.323 e. The summed E-state index contributed by atoms with van der Waals surface area (Å²) in [6.07, 6.45) is 6.73. The predicted molar refractivity (Wildman–Crippen MR) is 51.8 cm³/mol. The summed E-state index contributed by atoms with van der Waals surface area (Å²) in [5.41, 5.74) is 8.75. The third-order valence-electron chi connectivity index (χ3n) is 1.72.